The van der Waals surface area contributed by atoms with Crippen LogP contribution in [-0.4, -0.2) is 126 Å². The normalized spacial score (nSPS) is 17.5. The van der Waals surface area contributed by atoms with Gasteiger partial charge in [-0.2, -0.15) is 10.2 Å². The van der Waals surface area contributed by atoms with E-state index in [1.807, 2.05) is 42.5 Å². The van der Waals surface area contributed by atoms with Crippen LogP contribution in [0.4, 0.5) is 11.4 Å². The molecular weight excluding hydrogens is 1410 g/mol. The van der Waals surface area contributed by atoms with Crippen molar-refractivity contribution >= 4 is 69.0 Å². The quantitative estimate of drug-likeness (QED) is 0.0399. The van der Waals surface area contributed by atoms with Gasteiger partial charge in [-0.1, -0.05) is 305 Å². The zero-order valence-electron chi connectivity index (χ0n) is 76.2. The van der Waals surface area contributed by atoms with Crippen LogP contribution in [0.5, 0.6) is 0 Å². The molecule has 10 unspecified atom stereocenters. The Morgan fingerprint density at radius 3 is 0.825 bits per heavy atom. The number of allylic oxidation sites excluding steroid dienone is 4. The number of amides is 4. The summed E-state index contributed by atoms with van der Waals surface area (Å²) >= 11 is 0. The Hall–Kier alpha value is -6.84. The van der Waals surface area contributed by atoms with Crippen molar-refractivity contribution in [2.24, 2.45) is 56.5 Å². The fourth-order valence-electron chi connectivity index (χ4n) is 17.3. The molecule has 3 aromatic rings. The van der Waals surface area contributed by atoms with Gasteiger partial charge in [0.15, 0.2) is 0 Å². The van der Waals surface area contributed by atoms with Gasteiger partial charge >= 0.3 is 0 Å². The molecule has 4 amide bonds. The van der Waals surface area contributed by atoms with E-state index in [4.69, 9.17) is 20.2 Å². The molecule has 0 fully saturated rings. The van der Waals surface area contributed by atoms with Crippen LogP contribution in [-0.2, 0) is 0 Å². The van der Waals surface area contributed by atoms with E-state index in [1.54, 1.807) is 0 Å². The molecule has 1 heterocycles. The SMILES string of the molecule is CCCCC(CC)CN(C(=O)c1cccc(C(=O)N(CC(CC)CCCC)C(CC)CCCC)c1NN=C1C(=N)C(c2cc(C3=CC(C(C)(C)C)/C(=N/Nc4c(C(=O)N(CC(CC)CCCC)C(CC)CCCC)cccc4C(=O)N(CC(CC)CCCC)C(CC)CCCC)C3=N)ncn2)=CC1C(C)(C)C)C(CC)CCCC. The number of unbranched alkanes of at least 4 members (excludes halogenated alkanes) is 8. The number of rotatable bonds is 54. The Kier molecular flexibility index (Phi) is 42.9. The van der Waals surface area contributed by atoms with Crippen LogP contribution in [0.3, 0.4) is 0 Å². The molecule has 5 rings (SSSR count). The molecule has 0 aliphatic heterocycles. The minimum Gasteiger partial charge on any atom is -0.335 e. The molecule has 4 N–H and O–H groups in total. The maximum Gasteiger partial charge on any atom is 0.256 e. The molecule has 2 aromatic carbocycles. The van der Waals surface area contributed by atoms with Crippen molar-refractivity contribution in [3.05, 3.63) is 94.6 Å². The largest absolute Gasteiger partial charge is 0.335 e. The van der Waals surface area contributed by atoms with E-state index < -0.39 is 22.7 Å². The maximum atomic E-state index is 16.1. The number of benzene rings is 2. The van der Waals surface area contributed by atoms with Gasteiger partial charge in [-0.15, -0.1) is 0 Å². The molecule has 2 aliphatic carbocycles. The fourth-order valence-corrected chi connectivity index (χ4v) is 17.3. The molecule has 16 nitrogen and oxygen atoms in total. The highest BCUT2D eigenvalue weighted by atomic mass is 16.2. The number of aromatic nitrogens is 2. The third kappa shape index (κ3) is 27.1. The standard InChI is InChI=1S/C98H162N12O4/c1-23-39-49-69(31-9)64-107(73(35-13)53-43-27-5)93(111)77-57-47-58-78(94(112)108(74(36-14)54-44-28-6)65-70(32-10)50-40-24-2)89(77)103-105-91-83(97(17,18)19)61-81(87(91)99)85-63-86(102-68-101-85)82-62-84(98(20,21)22)92(88(82)100)106-104-90-79(95(113)109(75(37-15)55-45-29-7)66-71(33-11)51-41-25-3)59-48-60-80(90)96(114)110(76(38-16)56-46-30-8)67-72(34-12)52-42-26-4/h47-48,57-63,68-76,83-84,99-100,103-104H,23-46,49-56,64-67H2,1-22H3/b99-87?,100-88?,105-91-,106-92?. The second-order valence-electron chi connectivity index (χ2n) is 35.9. The lowest BCUT2D eigenvalue weighted by atomic mass is 9.79. The van der Waals surface area contributed by atoms with Crippen molar-refractivity contribution in [2.75, 3.05) is 37.0 Å². The highest BCUT2D eigenvalue weighted by molar-refractivity contribution is 6.61. The van der Waals surface area contributed by atoms with Gasteiger partial charge in [-0.25, -0.2) is 9.97 Å². The third-order valence-electron chi connectivity index (χ3n) is 25.3. The molecule has 10 atom stereocenters. The van der Waals surface area contributed by atoms with E-state index in [2.05, 4.69) is 195 Å². The molecular formula is C98H162N12O4. The predicted molar refractivity (Wildman–Crippen MR) is 486 cm³/mol. The number of hydrogen-bond acceptors (Lipinski definition) is 12. The highest BCUT2D eigenvalue weighted by Crippen LogP contribution is 2.42. The van der Waals surface area contributed by atoms with E-state index in [-0.39, 0.29) is 59.2 Å². The first-order chi connectivity index (χ1) is 54.7. The smallest absolute Gasteiger partial charge is 0.256 e. The van der Waals surface area contributed by atoms with Crippen molar-refractivity contribution in [3.8, 4) is 0 Å². The van der Waals surface area contributed by atoms with Gasteiger partial charge in [-0.05, 0) is 142 Å². The first-order valence-corrected chi connectivity index (χ1v) is 46.3. The second kappa shape index (κ2) is 50.0. The Bertz CT molecular complexity index is 3230. The number of nitrogens with one attached hydrogen (secondary N) is 4. The highest BCUT2D eigenvalue weighted by Gasteiger charge is 2.42. The van der Waals surface area contributed by atoms with Crippen molar-refractivity contribution < 1.29 is 19.2 Å². The Balaban J connectivity index is 1.75. The average Bonchev–Trinajstić information content (AvgIpc) is 1.28. The van der Waals surface area contributed by atoms with Crippen LogP contribution in [0.25, 0.3) is 11.1 Å². The summed E-state index contributed by atoms with van der Waals surface area (Å²) < 4.78 is 0. The lowest BCUT2D eigenvalue weighted by Crippen LogP contribution is -2.44. The molecule has 0 saturated carbocycles. The van der Waals surface area contributed by atoms with Crippen molar-refractivity contribution in [1.82, 2.24) is 29.6 Å². The third-order valence-corrected chi connectivity index (χ3v) is 25.3. The Labute approximate surface area is 694 Å². The van der Waals surface area contributed by atoms with Gasteiger partial charge in [0.2, 0.25) is 0 Å². The van der Waals surface area contributed by atoms with Crippen LogP contribution in [0.2, 0.25) is 0 Å². The summed E-state index contributed by atoms with van der Waals surface area (Å²) in [6.45, 7) is 50.8. The topological polar surface area (TPSA) is 204 Å². The summed E-state index contributed by atoms with van der Waals surface area (Å²) in [6, 6.07) is 13.2. The Morgan fingerprint density at radius 1 is 0.377 bits per heavy atom. The van der Waals surface area contributed by atoms with E-state index in [0.29, 0.717) is 117 Å². The molecule has 0 bridgehead atoms. The number of anilines is 2. The summed E-state index contributed by atoms with van der Waals surface area (Å²) in [7, 11) is 0. The second-order valence-corrected chi connectivity index (χ2v) is 35.9. The number of para-hydroxylation sites is 2. The molecule has 114 heavy (non-hydrogen) atoms. The number of carbonyl (C=O) groups excluding carboxylic acids is 4. The number of nitrogens with zero attached hydrogens (tertiary/aromatic N) is 8. The fraction of sp³-hybridized carbons (Fsp3) is 0.714. The minimum atomic E-state index is -0.466. The summed E-state index contributed by atoms with van der Waals surface area (Å²) in [5, 5.41) is 31.3. The zero-order chi connectivity index (χ0) is 84.2. The van der Waals surface area contributed by atoms with Gasteiger partial charge < -0.3 is 19.6 Å². The minimum absolute atomic E-state index is 0.000300. The number of carbonyl (C=O) groups is 4. The summed E-state index contributed by atoms with van der Waals surface area (Å²) in [4.78, 5) is 82.8. The van der Waals surface area contributed by atoms with Crippen molar-refractivity contribution in [2.45, 2.75) is 382 Å². The molecule has 1 aromatic heterocycles. The first kappa shape index (κ1) is 97.7. The molecule has 2 aliphatic rings. The van der Waals surface area contributed by atoms with Gasteiger partial charge in [-0.3, -0.25) is 40.8 Å². The van der Waals surface area contributed by atoms with E-state index >= 15 is 19.2 Å². The van der Waals surface area contributed by atoms with E-state index in [1.165, 1.54) is 6.33 Å². The van der Waals surface area contributed by atoms with E-state index in [0.717, 1.165) is 205 Å². The van der Waals surface area contributed by atoms with Gasteiger partial charge in [0, 0.05) is 73.3 Å². The van der Waals surface area contributed by atoms with Crippen molar-refractivity contribution in [1.29, 1.82) is 10.8 Å². The van der Waals surface area contributed by atoms with E-state index in [9.17, 15) is 10.8 Å². The maximum absolute atomic E-state index is 16.1. The van der Waals surface area contributed by atoms with Crippen LogP contribution in [0.1, 0.15) is 411 Å². The summed E-state index contributed by atoms with van der Waals surface area (Å²) in [5.74, 6) is -0.0129. The Morgan fingerprint density at radius 2 is 0.614 bits per heavy atom. The molecule has 16 heteroatoms. The van der Waals surface area contributed by atoms with Gasteiger partial charge in [0.1, 0.15) is 6.33 Å². The average molecular weight is 1570 g/mol. The van der Waals surface area contributed by atoms with Crippen LogP contribution >= 0.6 is 0 Å². The number of hydrazone groups is 2. The monoisotopic (exact) mass is 1570 g/mol. The molecule has 0 radical (unpaired) electrons. The van der Waals surface area contributed by atoms with Crippen molar-refractivity contribution in [3.63, 3.8) is 0 Å². The predicted octanol–water partition coefficient (Wildman–Crippen LogP) is 26.1. The summed E-state index contributed by atoms with van der Waals surface area (Å²) in [6.07, 6.45) is 37.1. The van der Waals surface area contributed by atoms with Gasteiger partial charge in [0.05, 0.1) is 67.9 Å². The lowest BCUT2D eigenvalue weighted by molar-refractivity contribution is 0.0599. The van der Waals surface area contributed by atoms with Crippen LogP contribution in [0.15, 0.2) is 71.1 Å². The molecule has 0 spiro atoms. The summed E-state index contributed by atoms with van der Waals surface area (Å²) in [5.41, 5.74) is 11.7. The number of hydrogen-bond donors (Lipinski definition) is 4. The van der Waals surface area contributed by atoms with Gasteiger partial charge in [0.25, 0.3) is 23.6 Å². The first-order valence-electron chi connectivity index (χ1n) is 46.3. The van der Waals surface area contributed by atoms with Crippen LogP contribution < -0.4 is 10.9 Å². The van der Waals surface area contributed by atoms with Crippen LogP contribution in [0, 0.1) is 57.2 Å². The zero-order valence-corrected chi connectivity index (χ0v) is 76.2. The lowest BCUT2D eigenvalue weighted by Gasteiger charge is -2.36. The molecule has 0 saturated heterocycles. The molecule has 638 valence electrons.